The van der Waals surface area contributed by atoms with Crippen LogP contribution in [0.5, 0.6) is 5.75 Å². The third-order valence-corrected chi connectivity index (χ3v) is 6.41. The molecule has 14 heteroatoms. The summed E-state index contributed by atoms with van der Waals surface area (Å²) >= 11 is 15.2. The van der Waals surface area contributed by atoms with Gasteiger partial charge in [0.15, 0.2) is 6.61 Å². The Hall–Kier alpha value is -2.18. The Morgan fingerprint density at radius 1 is 1.19 bits per heavy atom. The normalized spacial score (nSPS) is 18.7. The van der Waals surface area contributed by atoms with E-state index in [-0.39, 0.29) is 18.8 Å². The zero-order chi connectivity index (χ0) is 26.9. The molecule has 3 unspecified atom stereocenters. The molecule has 10 nitrogen and oxygen atoms in total. The van der Waals surface area contributed by atoms with E-state index in [1.54, 1.807) is 37.3 Å². The number of ether oxygens (including phenoxy) is 3. The van der Waals surface area contributed by atoms with Crippen molar-refractivity contribution in [2.24, 2.45) is 0 Å². The fourth-order valence-electron chi connectivity index (χ4n) is 3.22. The topological polar surface area (TPSA) is 134 Å². The van der Waals surface area contributed by atoms with Gasteiger partial charge >= 0.3 is 11.9 Å². The molecular weight excluding hydrogens is 559 g/mol. The maximum absolute atomic E-state index is 12.8. The summed E-state index contributed by atoms with van der Waals surface area (Å²) in [6.45, 7) is 0.232. The van der Waals surface area contributed by atoms with Crippen molar-refractivity contribution in [1.29, 1.82) is 0 Å². The first-order valence-electron chi connectivity index (χ1n) is 10.5. The summed E-state index contributed by atoms with van der Waals surface area (Å²) in [5, 5.41) is 3.94. The number of hydrogen-bond acceptors (Lipinski definition) is 8. The van der Waals surface area contributed by atoms with Crippen LogP contribution in [0, 0.1) is 0 Å². The minimum Gasteiger partial charge on any atom is -0.612 e. The van der Waals surface area contributed by atoms with Gasteiger partial charge in [0.2, 0.25) is 9.70 Å². The van der Waals surface area contributed by atoms with E-state index in [1.165, 1.54) is 12.5 Å². The van der Waals surface area contributed by atoms with Crippen molar-refractivity contribution in [3.8, 4) is 5.75 Å². The summed E-state index contributed by atoms with van der Waals surface area (Å²) < 4.78 is 25.4. The fourth-order valence-corrected chi connectivity index (χ4v) is 4.43. The number of nitrogens with zero attached hydrogens (tertiary/aromatic N) is 1. The second kappa shape index (κ2) is 13.9. The summed E-state index contributed by atoms with van der Waals surface area (Å²) in [5.41, 5.74) is 0.432. The Morgan fingerprint density at radius 3 is 2.47 bits per heavy atom. The molecule has 1 saturated heterocycles. The molecule has 2 rings (SSSR count). The first kappa shape index (κ1) is 30.0. The molecule has 0 bridgehead atoms. The number of carbonyl (C=O) groups excluding carboxylic acids is 4. The largest absolute Gasteiger partial charge is 0.612 e. The highest BCUT2D eigenvalue weighted by Crippen LogP contribution is 2.29. The molecule has 1 aliphatic rings. The van der Waals surface area contributed by atoms with Crippen molar-refractivity contribution in [2.75, 3.05) is 32.6 Å². The summed E-state index contributed by atoms with van der Waals surface area (Å²) in [6.07, 6.45) is -0.0689. The van der Waals surface area contributed by atoms with Gasteiger partial charge in [-0.25, -0.2) is 0 Å². The van der Waals surface area contributed by atoms with Gasteiger partial charge in [-0.2, -0.15) is 0 Å². The van der Waals surface area contributed by atoms with Crippen LogP contribution in [0.25, 0.3) is 0 Å². The molecule has 0 radical (unpaired) electrons. The van der Waals surface area contributed by atoms with Gasteiger partial charge in [-0.3, -0.25) is 19.2 Å². The van der Waals surface area contributed by atoms with E-state index >= 15 is 0 Å². The average Bonchev–Trinajstić information content (AvgIpc) is 2.83. The van der Waals surface area contributed by atoms with Gasteiger partial charge in [-0.05, 0) is 35.8 Å². The summed E-state index contributed by atoms with van der Waals surface area (Å²) in [4.78, 5) is 49.9. The maximum Gasteiger partial charge on any atom is 0.325 e. The van der Waals surface area contributed by atoms with Crippen LogP contribution < -0.4 is 10.1 Å². The minimum absolute atomic E-state index is 0.00207. The number of methoxy groups -OCH3 is 1. The van der Waals surface area contributed by atoms with Crippen molar-refractivity contribution in [2.45, 2.75) is 29.2 Å². The SMILES string of the molecule is COC(=O)CC[S+]([O-])C=C(C)C1C(NC(=O)COc2ccccc2)C(=O)N1CC(=O)OCC(Cl)(Cl)Cl. The molecule has 1 N–H and O–H groups in total. The van der Waals surface area contributed by atoms with Crippen LogP contribution in [0.15, 0.2) is 41.3 Å². The molecule has 1 heterocycles. The van der Waals surface area contributed by atoms with E-state index < -0.39 is 64.0 Å². The van der Waals surface area contributed by atoms with Gasteiger partial charge in [-0.1, -0.05) is 53.0 Å². The number of nitrogens with one attached hydrogen (secondary N) is 1. The number of benzene rings is 1. The lowest BCUT2D eigenvalue weighted by Crippen LogP contribution is -2.72. The minimum atomic E-state index is -1.82. The van der Waals surface area contributed by atoms with Crippen LogP contribution in [0.1, 0.15) is 13.3 Å². The van der Waals surface area contributed by atoms with Crippen molar-refractivity contribution in [3.63, 3.8) is 0 Å². The van der Waals surface area contributed by atoms with Crippen molar-refractivity contribution < 1.29 is 37.9 Å². The Bertz CT molecular complexity index is 974. The number of amides is 2. The Morgan fingerprint density at radius 2 is 1.86 bits per heavy atom. The molecule has 0 spiro atoms. The number of likely N-dealkylation sites (tertiary alicyclic amines) is 1. The van der Waals surface area contributed by atoms with Gasteiger partial charge in [0.25, 0.3) is 5.91 Å². The van der Waals surface area contributed by atoms with Gasteiger partial charge in [0.1, 0.15) is 36.1 Å². The number of rotatable bonds is 12. The standard InChI is InChI=1S/C22H25Cl3N2O8S/c1-14(12-36(32)9-8-17(29)33-2)20-19(26-16(28)11-34-15-6-4-3-5-7-15)21(31)27(20)10-18(30)35-13-22(23,24)25/h3-7,12,19-20H,8-11,13H2,1-2H3,(H,26,28). The number of β-lactam (4-membered cyclic amide) rings is 1. The molecule has 36 heavy (non-hydrogen) atoms. The molecule has 198 valence electrons. The number of para-hydroxylation sites is 1. The van der Waals surface area contributed by atoms with Crippen molar-refractivity contribution in [1.82, 2.24) is 10.2 Å². The highest BCUT2D eigenvalue weighted by Gasteiger charge is 2.50. The third kappa shape index (κ3) is 9.70. The first-order chi connectivity index (χ1) is 16.9. The molecule has 2 amide bonds. The molecular formula is C22H25Cl3N2O8S. The molecule has 0 aliphatic carbocycles. The monoisotopic (exact) mass is 582 g/mol. The molecule has 0 saturated carbocycles. The van der Waals surface area contributed by atoms with E-state index in [9.17, 15) is 23.7 Å². The van der Waals surface area contributed by atoms with E-state index in [2.05, 4.69) is 10.1 Å². The molecule has 1 aliphatic heterocycles. The van der Waals surface area contributed by atoms with Crippen LogP contribution in [0.3, 0.4) is 0 Å². The molecule has 1 aromatic rings. The summed E-state index contributed by atoms with van der Waals surface area (Å²) in [7, 11) is 1.22. The number of alkyl halides is 3. The molecule has 3 atom stereocenters. The number of hydrogen-bond donors (Lipinski definition) is 1. The van der Waals surface area contributed by atoms with E-state index in [0.717, 1.165) is 4.90 Å². The quantitative estimate of drug-likeness (QED) is 0.171. The number of halogens is 3. The summed E-state index contributed by atoms with van der Waals surface area (Å²) in [5.74, 6) is -2.02. The van der Waals surface area contributed by atoms with E-state index in [1.807, 2.05) is 0 Å². The lowest BCUT2D eigenvalue weighted by Gasteiger charge is -2.46. The van der Waals surface area contributed by atoms with Crippen molar-refractivity contribution >= 4 is 69.7 Å². The second-order valence-electron chi connectivity index (χ2n) is 7.61. The highest BCUT2D eigenvalue weighted by atomic mass is 35.6. The number of carbonyl (C=O) groups is 4. The van der Waals surface area contributed by atoms with Crippen molar-refractivity contribution in [3.05, 3.63) is 41.3 Å². The summed E-state index contributed by atoms with van der Waals surface area (Å²) in [6, 6.07) is 6.78. The van der Waals surface area contributed by atoms with Gasteiger partial charge in [-0.15, -0.1) is 0 Å². The molecule has 0 aromatic heterocycles. The predicted molar refractivity (Wildman–Crippen MR) is 134 cm³/mol. The zero-order valence-electron chi connectivity index (χ0n) is 19.4. The van der Waals surface area contributed by atoms with Gasteiger partial charge < -0.3 is 29.0 Å². The van der Waals surface area contributed by atoms with Crippen LogP contribution in [-0.4, -0.2) is 81.7 Å². The molecule has 1 fully saturated rings. The lowest BCUT2D eigenvalue weighted by atomic mass is 9.89. The highest BCUT2D eigenvalue weighted by molar-refractivity contribution is 7.94. The van der Waals surface area contributed by atoms with Crippen LogP contribution in [0.4, 0.5) is 0 Å². The first-order valence-corrected chi connectivity index (χ1v) is 13.0. The number of esters is 2. The Balaban J connectivity index is 2.08. The van der Waals surface area contributed by atoms with Gasteiger partial charge in [0, 0.05) is 0 Å². The third-order valence-electron chi connectivity index (χ3n) is 4.85. The fraction of sp³-hybridized carbons (Fsp3) is 0.455. The Kier molecular flexibility index (Phi) is 11.6. The molecule has 1 aromatic carbocycles. The maximum atomic E-state index is 12.8. The van der Waals surface area contributed by atoms with Gasteiger partial charge in [0.05, 0.1) is 19.6 Å². The van der Waals surface area contributed by atoms with Crippen LogP contribution >= 0.6 is 34.8 Å². The predicted octanol–water partition coefficient (Wildman–Crippen LogP) is 1.89. The average molecular weight is 584 g/mol. The van der Waals surface area contributed by atoms with E-state index in [4.69, 9.17) is 44.3 Å². The Labute approximate surface area is 226 Å². The zero-order valence-corrected chi connectivity index (χ0v) is 22.5. The lowest BCUT2D eigenvalue weighted by molar-refractivity contribution is -0.160. The van der Waals surface area contributed by atoms with Crippen LogP contribution in [-0.2, 0) is 39.8 Å². The van der Waals surface area contributed by atoms with Crippen LogP contribution in [0.2, 0.25) is 0 Å². The second-order valence-corrected chi connectivity index (χ2v) is 11.5. The smallest absolute Gasteiger partial charge is 0.325 e. The van der Waals surface area contributed by atoms with E-state index in [0.29, 0.717) is 11.3 Å².